The summed E-state index contributed by atoms with van der Waals surface area (Å²) >= 11 is 0. The quantitative estimate of drug-likeness (QED) is 0.565. The van der Waals surface area contributed by atoms with Crippen LogP contribution < -0.4 is 15.2 Å². The number of benzene rings is 1. The topological polar surface area (TPSA) is 118 Å². The first kappa shape index (κ1) is 29.4. The molecular formula is C28H35F3N4O5. The van der Waals surface area contributed by atoms with E-state index in [2.05, 4.69) is 35.9 Å². The van der Waals surface area contributed by atoms with Crippen molar-refractivity contribution in [3.63, 3.8) is 0 Å². The molecule has 3 aliphatic heterocycles. The minimum absolute atomic E-state index is 0.0422. The number of para-hydroxylation sites is 1. The molecular weight excluding hydrogens is 529 g/mol. The van der Waals surface area contributed by atoms with Gasteiger partial charge in [0.1, 0.15) is 12.2 Å². The van der Waals surface area contributed by atoms with Crippen LogP contribution in [-0.2, 0) is 11.3 Å². The van der Waals surface area contributed by atoms with Gasteiger partial charge in [0.05, 0.1) is 5.69 Å². The summed E-state index contributed by atoms with van der Waals surface area (Å²) in [4.78, 5) is 30.4. The highest BCUT2D eigenvalue weighted by molar-refractivity contribution is 5.97. The zero-order valence-corrected chi connectivity index (χ0v) is 22.7. The number of anilines is 1. The molecule has 3 N–H and O–H groups in total. The zero-order chi connectivity index (χ0) is 29.1. The lowest BCUT2D eigenvalue weighted by Gasteiger charge is -2.47. The summed E-state index contributed by atoms with van der Waals surface area (Å²) in [6.45, 7) is 9.27. The van der Waals surface area contributed by atoms with Crippen LogP contribution in [0.5, 0.6) is 11.5 Å². The molecule has 1 amide bonds. The first-order valence-electron chi connectivity index (χ1n) is 13.2. The number of nitrogens with zero attached hydrogens (tertiary/aromatic N) is 3. The molecule has 40 heavy (non-hydrogen) atoms. The first-order valence-corrected chi connectivity index (χ1v) is 13.2. The van der Waals surface area contributed by atoms with Crippen molar-refractivity contribution in [2.75, 3.05) is 38.5 Å². The van der Waals surface area contributed by atoms with Crippen LogP contribution in [0.1, 0.15) is 55.6 Å². The van der Waals surface area contributed by atoms with Crippen molar-refractivity contribution in [1.29, 1.82) is 0 Å². The number of ether oxygens (including phenoxy) is 2. The van der Waals surface area contributed by atoms with Crippen LogP contribution in [0, 0.1) is 5.41 Å². The van der Waals surface area contributed by atoms with E-state index in [0.29, 0.717) is 23.4 Å². The molecule has 218 valence electrons. The normalized spacial score (nSPS) is 19.9. The predicted octanol–water partition coefficient (Wildman–Crippen LogP) is 4.37. The number of carboxylic acid groups (broad SMARTS) is 1. The van der Waals surface area contributed by atoms with E-state index in [0.717, 1.165) is 57.1 Å². The maximum Gasteiger partial charge on any atom is 0.490 e. The average Bonchev–Trinajstić information content (AvgIpc) is 2.90. The van der Waals surface area contributed by atoms with Gasteiger partial charge in [-0.05, 0) is 76.2 Å². The van der Waals surface area contributed by atoms with Gasteiger partial charge in [-0.2, -0.15) is 13.2 Å². The van der Waals surface area contributed by atoms with E-state index < -0.39 is 12.1 Å². The molecule has 0 bridgehead atoms. The Morgan fingerprint density at radius 2 is 1.68 bits per heavy atom. The molecule has 0 unspecified atom stereocenters. The first-order chi connectivity index (χ1) is 18.8. The van der Waals surface area contributed by atoms with E-state index in [1.807, 2.05) is 11.0 Å². The van der Waals surface area contributed by atoms with Gasteiger partial charge < -0.3 is 25.2 Å². The molecule has 5 rings (SSSR count). The lowest BCUT2D eigenvalue weighted by atomic mass is 9.71. The second-order valence-electron chi connectivity index (χ2n) is 11.2. The molecule has 1 aromatic carbocycles. The van der Waals surface area contributed by atoms with E-state index in [1.165, 1.54) is 18.4 Å². The number of aliphatic carboxylic acids is 1. The number of pyridine rings is 1. The molecule has 0 radical (unpaired) electrons. The number of hydrogen-bond acceptors (Lipinski definition) is 7. The largest absolute Gasteiger partial charge is 0.490 e. The van der Waals surface area contributed by atoms with Crippen molar-refractivity contribution in [3.05, 3.63) is 47.8 Å². The second kappa shape index (κ2) is 11.5. The molecule has 2 saturated heterocycles. The summed E-state index contributed by atoms with van der Waals surface area (Å²) < 4.78 is 44.0. The van der Waals surface area contributed by atoms with Gasteiger partial charge >= 0.3 is 12.1 Å². The summed E-state index contributed by atoms with van der Waals surface area (Å²) in [6.07, 6.45) is 0.973. The standard InChI is InChI=1S/C26H34N4O3.C2HF3O2/c1-25(2)18-32-21-7-3-5-19(23(21)33-25)17-29-13-8-26(9-14-29)10-15-30(16-11-26)24(31)22-20(27)6-4-12-28-22;3-2(4,5)1(6)7/h3-7,12H,8-11,13-18,27H2,1-2H3;(H,6,7). The van der Waals surface area contributed by atoms with Crippen molar-refractivity contribution < 1.29 is 37.3 Å². The third-order valence-electron chi connectivity index (χ3n) is 7.72. The molecule has 12 heteroatoms. The Morgan fingerprint density at radius 1 is 1.05 bits per heavy atom. The molecule has 1 spiro atoms. The number of rotatable bonds is 3. The Morgan fingerprint density at radius 3 is 2.27 bits per heavy atom. The van der Waals surface area contributed by atoms with Crippen molar-refractivity contribution >= 4 is 17.6 Å². The summed E-state index contributed by atoms with van der Waals surface area (Å²) in [7, 11) is 0. The lowest BCUT2D eigenvalue weighted by molar-refractivity contribution is -0.192. The van der Waals surface area contributed by atoms with Gasteiger partial charge in [0.15, 0.2) is 17.2 Å². The highest BCUT2D eigenvalue weighted by Gasteiger charge is 2.40. The number of nitrogens with two attached hydrogens (primary N) is 1. The Balaban J connectivity index is 0.000000470. The van der Waals surface area contributed by atoms with Crippen LogP contribution in [0.15, 0.2) is 36.5 Å². The SMILES string of the molecule is CC1(C)COc2cccc(CN3CCC4(CC3)CCN(C(=O)c3ncccc3N)CC4)c2O1.O=C(O)C(F)(F)F. The van der Waals surface area contributed by atoms with Crippen molar-refractivity contribution in [2.45, 2.75) is 57.9 Å². The smallest absolute Gasteiger partial charge is 0.486 e. The number of carbonyl (C=O) groups is 2. The number of likely N-dealkylation sites (tertiary alicyclic amines) is 2. The van der Waals surface area contributed by atoms with Gasteiger partial charge in [-0.25, -0.2) is 9.78 Å². The molecule has 1 aromatic heterocycles. The highest BCUT2D eigenvalue weighted by atomic mass is 19.4. The van der Waals surface area contributed by atoms with Gasteiger partial charge in [-0.15, -0.1) is 0 Å². The Labute approximate surface area is 231 Å². The van der Waals surface area contributed by atoms with Crippen molar-refractivity contribution in [1.82, 2.24) is 14.8 Å². The third kappa shape index (κ3) is 6.96. The minimum Gasteiger partial charge on any atom is -0.486 e. The molecule has 3 aliphatic rings. The molecule has 9 nitrogen and oxygen atoms in total. The Kier molecular flexibility index (Phi) is 8.48. The molecule has 0 saturated carbocycles. The molecule has 2 fully saturated rings. The number of nitrogen functional groups attached to an aromatic ring is 1. The second-order valence-corrected chi connectivity index (χ2v) is 11.2. The van der Waals surface area contributed by atoms with Crippen LogP contribution in [0.2, 0.25) is 0 Å². The van der Waals surface area contributed by atoms with Gasteiger partial charge in [-0.1, -0.05) is 12.1 Å². The summed E-state index contributed by atoms with van der Waals surface area (Å²) in [5.41, 5.74) is 8.03. The molecule has 0 atom stereocenters. The summed E-state index contributed by atoms with van der Waals surface area (Å²) in [5.74, 6) is -1.05. The summed E-state index contributed by atoms with van der Waals surface area (Å²) in [6, 6.07) is 9.70. The number of carbonyl (C=O) groups excluding carboxylic acids is 1. The van der Waals surface area contributed by atoms with Crippen LogP contribution in [0.4, 0.5) is 18.9 Å². The molecule has 2 aromatic rings. The van der Waals surface area contributed by atoms with Gasteiger partial charge in [0.2, 0.25) is 0 Å². The van der Waals surface area contributed by atoms with Gasteiger partial charge in [0, 0.05) is 31.4 Å². The fraction of sp³-hybridized carbons (Fsp3) is 0.536. The van der Waals surface area contributed by atoms with Crippen LogP contribution in [0.3, 0.4) is 0 Å². The van der Waals surface area contributed by atoms with Gasteiger partial charge in [-0.3, -0.25) is 9.69 Å². The minimum atomic E-state index is -5.08. The fourth-order valence-electron chi connectivity index (χ4n) is 5.33. The monoisotopic (exact) mass is 564 g/mol. The summed E-state index contributed by atoms with van der Waals surface area (Å²) in [5, 5.41) is 7.12. The van der Waals surface area contributed by atoms with Crippen LogP contribution >= 0.6 is 0 Å². The zero-order valence-electron chi connectivity index (χ0n) is 22.7. The number of piperidine rings is 2. The van der Waals surface area contributed by atoms with E-state index >= 15 is 0 Å². The number of aromatic nitrogens is 1. The number of halogens is 3. The van der Waals surface area contributed by atoms with Crippen LogP contribution in [-0.4, -0.2) is 76.3 Å². The van der Waals surface area contributed by atoms with E-state index in [-0.39, 0.29) is 11.5 Å². The number of carboxylic acids is 1. The fourth-order valence-corrected chi connectivity index (χ4v) is 5.33. The third-order valence-corrected chi connectivity index (χ3v) is 7.72. The molecule has 0 aliphatic carbocycles. The highest BCUT2D eigenvalue weighted by Crippen LogP contribution is 2.43. The maximum absolute atomic E-state index is 12.9. The Bertz CT molecular complexity index is 1220. The van der Waals surface area contributed by atoms with Crippen molar-refractivity contribution in [3.8, 4) is 11.5 Å². The Hall–Kier alpha value is -3.54. The number of alkyl halides is 3. The number of amides is 1. The van der Waals surface area contributed by atoms with E-state index in [4.69, 9.17) is 25.1 Å². The van der Waals surface area contributed by atoms with E-state index in [1.54, 1.807) is 18.3 Å². The van der Waals surface area contributed by atoms with Crippen molar-refractivity contribution in [2.24, 2.45) is 5.41 Å². The number of fused-ring (bicyclic) bond motifs is 1. The van der Waals surface area contributed by atoms with Crippen LogP contribution in [0.25, 0.3) is 0 Å². The predicted molar refractivity (Wildman–Crippen MR) is 141 cm³/mol. The lowest BCUT2D eigenvalue weighted by Crippen LogP contribution is -2.48. The van der Waals surface area contributed by atoms with Gasteiger partial charge in [0.25, 0.3) is 5.91 Å². The average molecular weight is 565 g/mol. The number of hydrogen-bond donors (Lipinski definition) is 2. The van der Waals surface area contributed by atoms with E-state index in [9.17, 15) is 18.0 Å². The molecule has 4 heterocycles. The maximum atomic E-state index is 12.9.